The Hall–Kier alpha value is -3.53. The summed E-state index contributed by atoms with van der Waals surface area (Å²) in [7, 11) is 0. The number of carbonyl (C=O) groups is 1. The highest BCUT2D eigenvalue weighted by Gasteiger charge is 2.21. The number of anilines is 2. The van der Waals surface area contributed by atoms with Crippen LogP contribution in [0.4, 0.5) is 16.4 Å². The Kier molecular flexibility index (Phi) is 2.93. The average Bonchev–Trinajstić information content (AvgIpc) is 2.79. The molecule has 2 aromatic heterocycles. The first kappa shape index (κ1) is 13.5. The number of hydrogen-bond acceptors (Lipinski definition) is 5. The van der Waals surface area contributed by atoms with Gasteiger partial charge in [0.2, 0.25) is 0 Å². The lowest BCUT2D eigenvalue weighted by Crippen LogP contribution is -2.21. The summed E-state index contributed by atoms with van der Waals surface area (Å²) >= 11 is 0. The predicted octanol–water partition coefficient (Wildman–Crippen LogP) is 1.67. The number of nitrogens with two attached hydrogens (primary N) is 3. The summed E-state index contributed by atoms with van der Waals surface area (Å²) in [5, 5.41) is 9.99. The van der Waals surface area contributed by atoms with Gasteiger partial charge in [0.05, 0.1) is 11.1 Å². The molecule has 7 heteroatoms. The maximum Gasteiger partial charge on any atom is 0.325 e. The second kappa shape index (κ2) is 4.79. The van der Waals surface area contributed by atoms with E-state index in [9.17, 15) is 10.1 Å². The zero-order valence-electron chi connectivity index (χ0n) is 11.4. The molecule has 1 amide bonds. The van der Waals surface area contributed by atoms with E-state index in [1.54, 1.807) is 24.3 Å². The molecule has 0 unspecified atom stereocenters. The van der Waals surface area contributed by atoms with Crippen LogP contribution in [0.15, 0.2) is 36.5 Å². The minimum absolute atomic E-state index is 0.163. The van der Waals surface area contributed by atoms with Crippen LogP contribution in [0, 0.1) is 11.3 Å². The number of pyridine rings is 1. The fraction of sp³-hybridized carbons (Fsp3) is 0. The molecule has 0 atom stereocenters. The first-order chi connectivity index (χ1) is 10.5. The number of para-hydroxylation sites is 1. The van der Waals surface area contributed by atoms with Crippen LogP contribution in [-0.4, -0.2) is 15.6 Å². The van der Waals surface area contributed by atoms with Crippen LogP contribution in [0.2, 0.25) is 0 Å². The van der Waals surface area contributed by atoms with Gasteiger partial charge in [0.25, 0.3) is 0 Å². The number of fused-ring (bicyclic) bond motifs is 1. The van der Waals surface area contributed by atoms with Gasteiger partial charge >= 0.3 is 6.03 Å². The third-order valence-electron chi connectivity index (χ3n) is 3.45. The van der Waals surface area contributed by atoms with Gasteiger partial charge < -0.3 is 17.2 Å². The summed E-state index contributed by atoms with van der Waals surface area (Å²) < 4.78 is 1.21. The van der Waals surface area contributed by atoms with Crippen LogP contribution >= 0.6 is 0 Å². The first-order valence-electron chi connectivity index (χ1n) is 6.39. The Morgan fingerprint density at radius 3 is 2.68 bits per heavy atom. The Morgan fingerprint density at radius 1 is 1.27 bits per heavy atom. The second-order valence-corrected chi connectivity index (χ2v) is 4.72. The Morgan fingerprint density at radius 2 is 2.00 bits per heavy atom. The maximum atomic E-state index is 11.7. The molecule has 1 aromatic carbocycles. The lowest BCUT2D eigenvalue weighted by molar-refractivity contribution is 0.251. The molecule has 108 valence electrons. The number of nitrogen functional groups attached to an aromatic ring is 2. The number of benzene rings is 1. The smallest absolute Gasteiger partial charge is 0.325 e. The SMILES string of the molecule is N#Cc1cnc(N)cc1-c1c(N)n(C(N)=O)c2ccccc12. The van der Waals surface area contributed by atoms with Crippen molar-refractivity contribution in [2.45, 2.75) is 0 Å². The van der Waals surface area contributed by atoms with Crippen LogP contribution in [0.5, 0.6) is 0 Å². The Balaban J connectivity index is 2.48. The van der Waals surface area contributed by atoms with E-state index < -0.39 is 6.03 Å². The van der Waals surface area contributed by atoms with Gasteiger partial charge in [-0.2, -0.15) is 5.26 Å². The molecular formula is C15H12N6O. The highest BCUT2D eigenvalue weighted by Crippen LogP contribution is 2.38. The molecule has 0 radical (unpaired) electrons. The molecule has 0 aliphatic heterocycles. The third-order valence-corrected chi connectivity index (χ3v) is 3.45. The minimum atomic E-state index is -0.694. The monoisotopic (exact) mass is 292 g/mol. The standard InChI is InChI=1S/C15H12N6O/c16-6-8-7-20-12(17)5-10(8)13-9-3-1-2-4-11(9)21(14(13)18)15(19)22/h1-5,7H,18H2,(H2,17,20)(H2,19,22). The summed E-state index contributed by atoms with van der Waals surface area (Å²) in [6, 6.07) is 10.0. The van der Waals surface area contributed by atoms with E-state index in [0.29, 0.717) is 27.6 Å². The van der Waals surface area contributed by atoms with E-state index in [1.807, 2.05) is 6.07 Å². The van der Waals surface area contributed by atoms with Crippen LogP contribution in [0.3, 0.4) is 0 Å². The topological polar surface area (TPSA) is 137 Å². The van der Waals surface area contributed by atoms with E-state index in [4.69, 9.17) is 17.2 Å². The van der Waals surface area contributed by atoms with Crippen molar-refractivity contribution in [3.8, 4) is 17.2 Å². The van der Waals surface area contributed by atoms with Gasteiger partial charge in [-0.3, -0.25) is 0 Å². The summed E-state index contributed by atoms with van der Waals surface area (Å²) in [4.78, 5) is 15.6. The number of nitrogens with zero attached hydrogens (tertiary/aromatic N) is 3. The Labute approximate surface area is 125 Å². The van der Waals surface area contributed by atoms with Gasteiger partial charge in [-0.15, -0.1) is 0 Å². The van der Waals surface area contributed by atoms with Crippen molar-refractivity contribution in [1.29, 1.82) is 5.26 Å². The van der Waals surface area contributed by atoms with Crippen molar-refractivity contribution in [2.24, 2.45) is 5.73 Å². The molecule has 0 bridgehead atoms. The number of hydrogen-bond donors (Lipinski definition) is 3. The van der Waals surface area contributed by atoms with Gasteiger partial charge in [0, 0.05) is 22.7 Å². The van der Waals surface area contributed by atoms with E-state index in [0.717, 1.165) is 0 Å². The number of rotatable bonds is 1. The fourth-order valence-corrected chi connectivity index (χ4v) is 2.55. The highest BCUT2D eigenvalue weighted by atomic mass is 16.2. The van der Waals surface area contributed by atoms with Crippen LogP contribution in [0.1, 0.15) is 5.56 Å². The Bertz CT molecular complexity index is 951. The molecule has 6 N–H and O–H groups in total. The molecule has 3 rings (SSSR count). The summed E-state index contributed by atoms with van der Waals surface area (Å²) in [6.07, 6.45) is 1.38. The average molecular weight is 292 g/mol. The lowest BCUT2D eigenvalue weighted by atomic mass is 10.0. The van der Waals surface area contributed by atoms with E-state index >= 15 is 0 Å². The van der Waals surface area contributed by atoms with E-state index in [2.05, 4.69) is 11.1 Å². The van der Waals surface area contributed by atoms with Crippen LogP contribution in [-0.2, 0) is 0 Å². The van der Waals surface area contributed by atoms with Gasteiger partial charge in [-0.05, 0) is 12.1 Å². The largest absolute Gasteiger partial charge is 0.384 e. The van der Waals surface area contributed by atoms with Crippen molar-refractivity contribution in [3.63, 3.8) is 0 Å². The lowest BCUT2D eigenvalue weighted by Gasteiger charge is -2.06. The zero-order valence-corrected chi connectivity index (χ0v) is 11.4. The second-order valence-electron chi connectivity index (χ2n) is 4.72. The number of primary amides is 1. The molecule has 0 aliphatic rings. The van der Waals surface area contributed by atoms with Crippen molar-refractivity contribution in [3.05, 3.63) is 42.1 Å². The van der Waals surface area contributed by atoms with Gasteiger partial charge in [-0.25, -0.2) is 14.3 Å². The van der Waals surface area contributed by atoms with E-state index in [-0.39, 0.29) is 11.6 Å². The summed E-state index contributed by atoms with van der Waals surface area (Å²) in [6.45, 7) is 0. The number of carbonyl (C=O) groups excluding carboxylic acids is 1. The molecule has 0 aliphatic carbocycles. The molecule has 0 spiro atoms. The molecule has 0 fully saturated rings. The van der Waals surface area contributed by atoms with Crippen molar-refractivity contribution < 1.29 is 4.79 Å². The van der Waals surface area contributed by atoms with E-state index in [1.165, 1.54) is 10.8 Å². The number of amides is 1. The minimum Gasteiger partial charge on any atom is -0.384 e. The quantitative estimate of drug-likeness (QED) is 0.626. The fourth-order valence-electron chi connectivity index (χ4n) is 2.55. The normalized spacial score (nSPS) is 10.5. The van der Waals surface area contributed by atoms with Crippen molar-refractivity contribution in [2.75, 3.05) is 11.5 Å². The zero-order chi connectivity index (χ0) is 15.9. The highest BCUT2D eigenvalue weighted by molar-refractivity contribution is 6.08. The third kappa shape index (κ3) is 1.83. The van der Waals surface area contributed by atoms with Crippen molar-refractivity contribution in [1.82, 2.24) is 9.55 Å². The van der Waals surface area contributed by atoms with Crippen molar-refractivity contribution >= 4 is 28.6 Å². The molecule has 0 saturated heterocycles. The number of nitriles is 1. The first-order valence-corrected chi connectivity index (χ1v) is 6.39. The van der Waals surface area contributed by atoms with Crippen LogP contribution < -0.4 is 17.2 Å². The molecule has 0 saturated carbocycles. The maximum absolute atomic E-state index is 11.7. The summed E-state index contributed by atoms with van der Waals surface area (Å²) in [5.74, 6) is 0.417. The molecule has 2 heterocycles. The molecule has 7 nitrogen and oxygen atoms in total. The van der Waals surface area contributed by atoms with Gasteiger partial charge in [0.15, 0.2) is 0 Å². The molecule has 22 heavy (non-hydrogen) atoms. The molecular weight excluding hydrogens is 280 g/mol. The number of aromatic nitrogens is 2. The van der Waals surface area contributed by atoms with Crippen LogP contribution in [0.25, 0.3) is 22.0 Å². The summed E-state index contributed by atoms with van der Waals surface area (Å²) in [5.41, 5.74) is 19.2. The van der Waals surface area contributed by atoms with Gasteiger partial charge in [0.1, 0.15) is 17.7 Å². The predicted molar refractivity (Wildman–Crippen MR) is 83.7 cm³/mol. The molecule has 3 aromatic rings. The van der Waals surface area contributed by atoms with Gasteiger partial charge in [-0.1, -0.05) is 18.2 Å².